The Morgan fingerprint density at radius 1 is 1.30 bits per heavy atom. The molecule has 0 radical (unpaired) electrons. The van der Waals surface area contributed by atoms with E-state index in [1.807, 2.05) is 7.11 Å². The molecule has 0 saturated carbocycles. The summed E-state index contributed by atoms with van der Waals surface area (Å²) in [6.07, 6.45) is 3.59. The number of ether oxygens (including phenoxy) is 1. The summed E-state index contributed by atoms with van der Waals surface area (Å²) in [4.78, 5) is 7.18. The summed E-state index contributed by atoms with van der Waals surface area (Å²) < 4.78 is 5.44. The zero-order valence-corrected chi connectivity index (χ0v) is 13.0. The highest BCUT2D eigenvalue weighted by Crippen LogP contribution is 2.21. The number of methoxy groups -OCH3 is 1. The number of aromatic nitrogens is 1. The third-order valence-electron chi connectivity index (χ3n) is 3.97. The van der Waals surface area contributed by atoms with Gasteiger partial charge in [0.05, 0.1) is 6.10 Å². The van der Waals surface area contributed by atoms with Crippen LogP contribution in [0.2, 0.25) is 0 Å². The Bertz CT molecular complexity index is 414. The third kappa shape index (κ3) is 3.93. The van der Waals surface area contributed by atoms with Gasteiger partial charge < -0.3 is 15.0 Å². The van der Waals surface area contributed by atoms with E-state index in [1.165, 1.54) is 11.3 Å². The molecule has 1 N–H and O–H groups in total. The van der Waals surface area contributed by atoms with Crippen molar-refractivity contribution in [1.82, 2.24) is 10.3 Å². The van der Waals surface area contributed by atoms with Crippen LogP contribution in [0.4, 0.5) is 5.82 Å². The van der Waals surface area contributed by atoms with E-state index in [0.29, 0.717) is 6.10 Å². The van der Waals surface area contributed by atoms with E-state index in [-0.39, 0.29) is 0 Å². The van der Waals surface area contributed by atoms with Crippen LogP contribution in [0.25, 0.3) is 0 Å². The molecule has 1 aromatic rings. The number of hydrogen-bond donors (Lipinski definition) is 1. The van der Waals surface area contributed by atoms with Gasteiger partial charge in [-0.3, -0.25) is 0 Å². The van der Waals surface area contributed by atoms with E-state index in [4.69, 9.17) is 9.72 Å². The molecule has 1 aromatic heterocycles. The molecule has 0 atom stereocenters. The Morgan fingerprint density at radius 2 is 2.05 bits per heavy atom. The van der Waals surface area contributed by atoms with Crippen LogP contribution in [0.1, 0.15) is 37.9 Å². The van der Waals surface area contributed by atoms with Crippen molar-refractivity contribution < 1.29 is 4.74 Å². The van der Waals surface area contributed by atoms with Gasteiger partial charge in [-0.1, -0.05) is 13.8 Å². The maximum Gasteiger partial charge on any atom is 0.129 e. The number of pyridine rings is 1. The SMILES string of the molecule is CCNCc1cc(CC)nc(N2CCC(OC)CC2)c1. The monoisotopic (exact) mass is 277 g/mol. The van der Waals surface area contributed by atoms with Gasteiger partial charge >= 0.3 is 0 Å². The van der Waals surface area contributed by atoms with E-state index < -0.39 is 0 Å². The van der Waals surface area contributed by atoms with Crippen LogP contribution in [0.15, 0.2) is 12.1 Å². The third-order valence-corrected chi connectivity index (χ3v) is 3.97. The van der Waals surface area contributed by atoms with E-state index in [9.17, 15) is 0 Å². The van der Waals surface area contributed by atoms with Crippen molar-refractivity contribution in [3.05, 3.63) is 23.4 Å². The first-order valence-electron chi connectivity index (χ1n) is 7.75. The molecule has 4 nitrogen and oxygen atoms in total. The summed E-state index contributed by atoms with van der Waals surface area (Å²) in [5, 5.41) is 3.40. The summed E-state index contributed by atoms with van der Waals surface area (Å²) in [6.45, 7) is 8.31. The first kappa shape index (κ1) is 15.3. The van der Waals surface area contributed by atoms with Crippen LogP contribution in [0.3, 0.4) is 0 Å². The molecule has 0 aliphatic carbocycles. The van der Waals surface area contributed by atoms with Gasteiger partial charge in [-0.15, -0.1) is 0 Å². The van der Waals surface area contributed by atoms with E-state index in [1.54, 1.807) is 0 Å². The number of nitrogens with zero attached hydrogens (tertiary/aromatic N) is 2. The predicted octanol–water partition coefficient (Wildman–Crippen LogP) is 2.37. The quantitative estimate of drug-likeness (QED) is 0.866. The number of hydrogen-bond acceptors (Lipinski definition) is 4. The van der Waals surface area contributed by atoms with Crippen molar-refractivity contribution in [2.75, 3.05) is 31.6 Å². The van der Waals surface area contributed by atoms with Gasteiger partial charge in [0.25, 0.3) is 0 Å². The summed E-state index contributed by atoms with van der Waals surface area (Å²) in [5.74, 6) is 1.13. The lowest BCUT2D eigenvalue weighted by atomic mass is 10.1. The second-order valence-corrected chi connectivity index (χ2v) is 5.38. The Morgan fingerprint density at radius 3 is 2.65 bits per heavy atom. The number of anilines is 1. The van der Waals surface area contributed by atoms with Crippen molar-refractivity contribution in [2.45, 2.75) is 45.8 Å². The van der Waals surface area contributed by atoms with Crippen molar-refractivity contribution in [3.8, 4) is 0 Å². The average Bonchev–Trinajstić information content (AvgIpc) is 2.52. The smallest absolute Gasteiger partial charge is 0.129 e. The van der Waals surface area contributed by atoms with Gasteiger partial charge in [-0.05, 0) is 43.5 Å². The van der Waals surface area contributed by atoms with E-state index >= 15 is 0 Å². The fraction of sp³-hybridized carbons (Fsp3) is 0.688. The van der Waals surface area contributed by atoms with Crippen molar-refractivity contribution in [2.24, 2.45) is 0 Å². The highest BCUT2D eigenvalue weighted by molar-refractivity contribution is 5.43. The largest absolute Gasteiger partial charge is 0.381 e. The van der Waals surface area contributed by atoms with Gasteiger partial charge in [0, 0.05) is 32.4 Å². The molecule has 1 fully saturated rings. The Hall–Kier alpha value is -1.13. The molecule has 4 heteroatoms. The van der Waals surface area contributed by atoms with E-state index in [0.717, 1.165) is 51.3 Å². The average molecular weight is 277 g/mol. The first-order chi connectivity index (χ1) is 9.76. The number of nitrogens with one attached hydrogen (secondary N) is 1. The minimum absolute atomic E-state index is 0.418. The summed E-state index contributed by atoms with van der Waals surface area (Å²) in [7, 11) is 1.81. The summed E-state index contributed by atoms with van der Waals surface area (Å²) in [6, 6.07) is 4.45. The van der Waals surface area contributed by atoms with Crippen molar-refractivity contribution in [3.63, 3.8) is 0 Å². The molecule has 2 rings (SSSR count). The highest BCUT2D eigenvalue weighted by Gasteiger charge is 2.20. The van der Waals surface area contributed by atoms with Crippen LogP contribution < -0.4 is 10.2 Å². The van der Waals surface area contributed by atoms with Crippen LogP contribution in [0, 0.1) is 0 Å². The molecule has 1 saturated heterocycles. The van der Waals surface area contributed by atoms with Gasteiger partial charge in [0.15, 0.2) is 0 Å². The zero-order chi connectivity index (χ0) is 14.4. The van der Waals surface area contributed by atoms with Crippen LogP contribution in [-0.2, 0) is 17.7 Å². The molecule has 0 bridgehead atoms. The Kier molecular flexibility index (Phi) is 5.80. The fourth-order valence-electron chi connectivity index (χ4n) is 2.67. The lowest BCUT2D eigenvalue weighted by molar-refractivity contribution is 0.0818. The maximum atomic E-state index is 5.44. The zero-order valence-electron chi connectivity index (χ0n) is 13.0. The summed E-state index contributed by atoms with van der Waals surface area (Å²) in [5.41, 5.74) is 2.52. The van der Waals surface area contributed by atoms with Crippen molar-refractivity contribution in [1.29, 1.82) is 0 Å². The maximum absolute atomic E-state index is 5.44. The first-order valence-corrected chi connectivity index (χ1v) is 7.75. The molecule has 0 aromatic carbocycles. The van der Waals surface area contributed by atoms with E-state index in [2.05, 4.69) is 36.2 Å². The van der Waals surface area contributed by atoms with Gasteiger partial charge in [-0.25, -0.2) is 4.98 Å². The molecular formula is C16H27N3O. The molecule has 2 heterocycles. The number of piperidine rings is 1. The second kappa shape index (κ2) is 7.60. The topological polar surface area (TPSA) is 37.4 Å². The molecule has 0 amide bonds. The minimum Gasteiger partial charge on any atom is -0.381 e. The lowest BCUT2D eigenvalue weighted by Crippen LogP contribution is -2.37. The van der Waals surface area contributed by atoms with Gasteiger partial charge in [0.1, 0.15) is 5.82 Å². The predicted molar refractivity (Wildman–Crippen MR) is 83.2 cm³/mol. The Balaban J connectivity index is 2.10. The minimum atomic E-state index is 0.418. The van der Waals surface area contributed by atoms with Crippen LogP contribution in [0.5, 0.6) is 0 Å². The second-order valence-electron chi connectivity index (χ2n) is 5.38. The number of aryl methyl sites for hydroxylation is 1. The highest BCUT2D eigenvalue weighted by atomic mass is 16.5. The van der Waals surface area contributed by atoms with Gasteiger partial charge in [-0.2, -0.15) is 0 Å². The molecule has 0 unspecified atom stereocenters. The Labute approximate surface area is 122 Å². The fourth-order valence-corrected chi connectivity index (χ4v) is 2.67. The van der Waals surface area contributed by atoms with Crippen LogP contribution in [-0.4, -0.2) is 37.8 Å². The molecule has 1 aliphatic rings. The summed E-state index contributed by atoms with van der Waals surface area (Å²) >= 11 is 0. The molecule has 1 aliphatic heterocycles. The van der Waals surface area contributed by atoms with Gasteiger partial charge in [0.2, 0.25) is 0 Å². The normalized spacial score (nSPS) is 16.6. The number of rotatable bonds is 6. The van der Waals surface area contributed by atoms with Crippen molar-refractivity contribution >= 4 is 5.82 Å². The van der Waals surface area contributed by atoms with Crippen LogP contribution >= 0.6 is 0 Å². The lowest BCUT2D eigenvalue weighted by Gasteiger charge is -2.32. The molecule has 20 heavy (non-hydrogen) atoms. The molecule has 112 valence electrons. The molecule has 0 spiro atoms. The molecular weight excluding hydrogens is 250 g/mol. The standard InChI is InChI=1S/C16H27N3O/c1-4-14-10-13(12-17-5-2)11-16(18-14)19-8-6-15(20-3)7-9-19/h10-11,15,17H,4-9,12H2,1-3H3.